The molecule has 3 aromatic carbocycles. The van der Waals surface area contributed by atoms with Crippen molar-refractivity contribution in [3.63, 3.8) is 0 Å². The fraction of sp³-hybridized carbons (Fsp3) is 0.100. The first kappa shape index (κ1) is 13.8. The standard InChI is InChI=1S/C20H15ClSSi/c1-23(2)17-9-7-12(21)11-15(17)19-18(23)10-8-14-13-5-3-4-6-16(13)22-20(14)19/h3-11H,1-2H3. The Hall–Kier alpha value is -1.61. The fourth-order valence-electron chi connectivity index (χ4n) is 3.99. The molecular weight excluding hydrogens is 336 g/mol. The van der Waals surface area contributed by atoms with Gasteiger partial charge in [-0.2, -0.15) is 0 Å². The van der Waals surface area contributed by atoms with Crippen LogP contribution in [0, 0.1) is 0 Å². The number of benzene rings is 3. The second-order valence-corrected chi connectivity index (χ2v) is 12.6. The van der Waals surface area contributed by atoms with Gasteiger partial charge in [0.05, 0.1) is 0 Å². The third kappa shape index (κ3) is 1.72. The number of rotatable bonds is 0. The zero-order chi connectivity index (χ0) is 15.8. The van der Waals surface area contributed by atoms with E-state index in [0.717, 1.165) is 5.02 Å². The molecule has 0 saturated heterocycles. The molecule has 1 aliphatic heterocycles. The average Bonchev–Trinajstić information content (AvgIpc) is 3.01. The van der Waals surface area contributed by atoms with Crippen LogP contribution in [-0.4, -0.2) is 8.07 Å². The summed E-state index contributed by atoms with van der Waals surface area (Å²) in [5.74, 6) is 0. The van der Waals surface area contributed by atoms with Gasteiger partial charge in [0.15, 0.2) is 0 Å². The van der Waals surface area contributed by atoms with Crippen LogP contribution in [0.4, 0.5) is 0 Å². The maximum Gasteiger partial charge on any atom is 0.113 e. The molecule has 0 bridgehead atoms. The summed E-state index contributed by atoms with van der Waals surface area (Å²) in [4.78, 5) is 0. The SMILES string of the molecule is C[Si]1(C)c2ccc(Cl)cc2-c2c1ccc1c2sc2ccccc21. The van der Waals surface area contributed by atoms with Crippen molar-refractivity contribution in [2.24, 2.45) is 0 Å². The largest absolute Gasteiger partial charge is 0.135 e. The number of hydrogen-bond acceptors (Lipinski definition) is 1. The minimum atomic E-state index is -1.62. The van der Waals surface area contributed by atoms with Crippen molar-refractivity contribution in [2.75, 3.05) is 0 Å². The second kappa shape index (κ2) is 4.47. The van der Waals surface area contributed by atoms with E-state index in [1.807, 2.05) is 17.4 Å². The maximum atomic E-state index is 6.33. The molecule has 3 heteroatoms. The molecule has 0 spiro atoms. The highest BCUT2D eigenvalue weighted by Crippen LogP contribution is 2.42. The van der Waals surface area contributed by atoms with Gasteiger partial charge in [-0.15, -0.1) is 11.3 Å². The molecule has 2 heterocycles. The van der Waals surface area contributed by atoms with Gasteiger partial charge >= 0.3 is 0 Å². The quantitative estimate of drug-likeness (QED) is 0.367. The smallest absolute Gasteiger partial charge is 0.113 e. The first-order valence-corrected chi connectivity index (χ1v) is 12.0. The van der Waals surface area contributed by atoms with Gasteiger partial charge in [-0.1, -0.05) is 61.1 Å². The summed E-state index contributed by atoms with van der Waals surface area (Å²) >= 11 is 8.25. The molecule has 112 valence electrons. The zero-order valence-corrected chi connectivity index (χ0v) is 15.6. The predicted molar refractivity (Wildman–Crippen MR) is 107 cm³/mol. The lowest BCUT2D eigenvalue weighted by Gasteiger charge is -2.18. The molecule has 0 unspecified atom stereocenters. The molecule has 0 N–H and O–H groups in total. The van der Waals surface area contributed by atoms with Crippen LogP contribution in [0.15, 0.2) is 54.6 Å². The van der Waals surface area contributed by atoms with Crippen molar-refractivity contribution in [3.8, 4) is 11.1 Å². The monoisotopic (exact) mass is 350 g/mol. The normalized spacial score (nSPS) is 15.1. The van der Waals surface area contributed by atoms with E-state index in [1.54, 1.807) is 5.19 Å². The van der Waals surface area contributed by atoms with Gasteiger partial charge in [-0.05, 0) is 39.7 Å². The molecular formula is C20H15ClSSi. The Morgan fingerprint density at radius 3 is 2.52 bits per heavy atom. The zero-order valence-electron chi connectivity index (χ0n) is 13.0. The summed E-state index contributed by atoms with van der Waals surface area (Å²) in [5, 5.41) is 6.64. The lowest BCUT2D eigenvalue weighted by Crippen LogP contribution is -2.49. The Morgan fingerprint density at radius 2 is 1.65 bits per heavy atom. The fourth-order valence-corrected chi connectivity index (χ4v) is 8.56. The Morgan fingerprint density at radius 1 is 0.870 bits per heavy atom. The summed E-state index contributed by atoms with van der Waals surface area (Å²) in [5.41, 5.74) is 2.80. The molecule has 4 aromatic rings. The minimum absolute atomic E-state index is 0.833. The van der Waals surface area contributed by atoms with Gasteiger partial charge in [-0.3, -0.25) is 0 Å². The van der Waals surface area contributed by atoms with Gasteiger partial charge < -0.3 is 0 Å². The molecule has 0 aliphatic carbocycles. The molecule has 0 amide bonds. The topological polar surface area (TPSA) is 0 Å². The number of hydrogen-bond donors (Lipinski definition) is 0. The highest BCUT2D eigenvalue weighted by Gasteiger charge is 2.38. The average molecular weight is 351 g/mol. The Balaban J connectivity index is 2.01. The number of halogens is 1. The lowest BCUT2D eigenvalue weighted by atomic mass is 10.0. The Kier molecular flexibility index (Phi) is 2.68. The summed E-state index contributed by atoms with van der Waals surface area (Å²) < 4.78 is 2.79. The van der Waals surface area contributed by atoms with Crippen molar-refractivity contribution in [1.82, 2.24) is 0 Å². The molecule has 0 atom stereocenters. The number of fused-ring (bicyclic) bond motifs is 7. The molecule has 0 fully saturated rings. The molecule has 1 aromatic heterocycles. The van der Waals surface area contributed by atoms with Crippen LogP contribution in [0.2, 0.25) is 18.1 Å². The van der Waals surface area contributed by atoms with E-state index in [1.165, 1.54) is 36.5 Å². The molecule has 1 aliphatic rings. The van der Waals surface area contributed by atoms with Crippen molar-refractivity contribution in [2.45, 2.75) is 13.1 Å². The van der Waals surface area contributed by atoms with Gasteiger partial charge in [0, 0.05) is 25.2 Å². The highest BCUT2D eigenvalue weighted by molar-refractivity contribution is 7.26. The third-order valence-electron chi connectivity index (χ3n) is 5.14. The van der Waals surface area contributed by atoms with Crippen LogP contribution >= 0.6 is 22.9 Å². The molecule has 5 rings (SSSR count). The van der Waals surface area contributed by atoms with E-state index in [4.69, 9.17) is 11.6 Å². The summed E-state index contributed by atoms with van der Waals surface area (Å²) in [6, 6.07) is 19.9. The van der Waals surface area contributed by atoms with Crippen LogP contribution in [0.5, 0.6) is 0 Å². The van der Waals surface area contributed by atoms with Crippen molar-refractivity contribution >= 4 is 61.6 Å². The first-order valence-electron chi connectivity index (χ1n) is 7.82. The summed E-state index contributed by atoms with van der Waals surface area (Å²) in [6.45, 7) is 4.90. The van der Waals surface area contributed by atoms with Gasteiger partial charge in [0.25, 0.3) is 0 Å². The molecule has 0 nitrogen and oxygen atoms in total. The highest BCUT2D eigenvalue weighted by atomic mass is 35.5. The predicted octanol–water partition coefficient (Wildman–Crippen LogP) is 5.51. The van der Waals surface area contributed by atoms with Gasteiger partial charge in [0.2, 0.25) is 0 Å². The first-order chi connectivity index (χ1) is 11.1. The van der Waals surface area contributed by atoms with E-state index in [9.17, 15) is 0 Å². The number of thiophene rings is 1. The van der Waals surface area contributed by atoms with Crippen LogP contribution < -0.4 is 10.4 Å². The van der Waals surface area contributed by atoms with Crippen LogP contribution in [0.25, 0.3) is 31.3 Å². The lowest BCUT2D eigenvalue weighted by molar-refractivity contribution is 1.74. The minimum Gasteiger partial charge on any atom is -0.135 e. The Bertz CT molecular complexity index is 1110. The second-order valence-electron chi connectivity index (χ2n) is 6.78. The van der Waals surface area contributed by atoms with E-state index in [2.05, 4.69) is 61.6 Å². The van der Waals surface area contributed by atoms with Crippen LogP contribution in [-0.2, 0) is 0 Å². The molecule has 23 heavy (non-hydrogen) atoms. The molecule has 0 saturated carbocycles. The van der Waals surface area contributed by atoms with Crippen molar-refractivity contribution in [3.05, 3.63) is 59.6 Å². The van der Waals surface area contributed by atoms with Crippen molar-refractivity contribution in [1.29, 1.82) is 0 Å². The Labute approximate surface area is 145 Å². The van der Waals surface area contributed by atoms with E-state index >= 15 is 0 Å². The van der Waals surface area contributed by atoms with Gasteiger partial charge in [-0.25, -0.2) is 0 Å². The van der Waals surface area contributed by atoms with Crippen LogP contribution in [0.1, 0.15) is 0 Å². The summed E-state index contributed by atoms with van der Waals surface area (Å²) in [7, 11) is -1.62. The summed E-state index contributed by atoms with van der Waals surface area (Å²) in [6.07, 6.45) is 0. The van der Waals surface area contributed by atoms with Crippen LogP contribution in [0.3, 0.4) is 0 Å². The molecule has 0 radical (unpaired) electrons. The van der Waals surface area contributed by atoms with E-state index in [-0.39, 0.29) is 0 Å². The van der Waals surface area contributed by atoms with E-state index < -0.39 is 8.07 Å². The van der Waals surface area contributed by atoms with Gasteiger partial charge in [0.1, 0.15) is 8.07 Å². The van der Waals surface area contributed by atoms with E-state index in [0.29, 0.717) is 0 Å². The third-order valence-corrected chi connectivity index (χ3v) is 10.1. The maximum absolute atomic E-state index is 6.33. The van der Waals surface area contributed by atoms with Crippen molar-refractivity contribution < 1.29 is 0 Å².